The number of aryl methyl sites for hydroxylation is 1. The summed E-state index contributed by atoms with van der Waals surface area (Å²) in [6.45, 7) is 2.74. The van der Waals surface area contributed by atoms with Gasteiger partial charge < -0.3 is 20.7 Å². The number of halogens is 6. The molecule has 13 heteroatoms. The summed E-state index contributed by atoms with van der Waals surface area (Å²) in [4.78, 5) is 40.5. The highest BCUT2D eigenvalue weighted by molar-refractivity contribution is 6.31. The number of alkyl halides is 3. The molecule has 1 fully saturated rings. The van der Waals surface area contributed by atoms with Crippen molar-refractivity contribution in [3.05, 3.63) is 92.7 Å². The highest BCUT2D eigenvalue weighted by Gasteiger charge is 2.62. The van der Waals surface area contributed by atoms with E-state index in [1.54, 1.807) is 31.2 Å². The van der Waals surface area contributed by atoms with E-state index in [1.807, 2.05) is 5.32 Å². The Morgan fingerprint density at radius 2 is 1.70 bits per heavy atom. The molecular formula is C31H27Cl2F4N3O4. The zero-order chi connectivity index (χ0) is 32.2. The molecule has 44 heavy (non-hydrogen) atoms. The van der Waals surface area contributed by atoms with Gasteiger partial charge in [-0.2, -0.15) is 13.2 Å². The molecular weight excluding hydrogens is 625 g/mol. The third kappa shape index (κ3) is 5.70. The zero-order valence-electron chi connectivity index (χ0n) is 23.7. The van der Waals surface area contributed by atoms with E-state index in [0.29, 0.717) is 27.4 Å². The lowest BCUT2D eigenvalue weighted by atomic mass is 9.59. The van der Waals surface area contributed by atoms with Crippen LogP contribution in [-0.2, 0) is 19.8 Å². The van der Waals surface area contributed by atoms with Crippen molar-refractivity contribution in [1.29, 1.82) is 0 Å². The average molecular weight is 652 g/mol. The number of carbonyl (C=O) groups is 3. The molecule has 0 aromatic heterocycles. The number of hydrogen-bond donors (Lipinski definition) is 3. The average Bonchev–Trinajstić information content (AvgIpc) is 3.21. The summed E-state index contributed by atoms with van der Waals surface area (Å²) in [6, 6.07) is 12.2. The Balaban J connectivity index is 1.71. The molecule has 0 aliphatic carbocycles. The second-order valence-corrected chi connectivity index (χ2v) is 12.2. The number of fused-ring (bicyclic) bond motifs is 2. The van der Waals surface area contributed by atoms with Gasteiger partial charge in [0.25, 0.3) is 5.91 Å². The van der Waals surface area contributed by atoms with Gasteiger partial charge in [-0.05, 0) is 79.9 Å². The predicted octanol–water partition coefficient (Wildman–Crippen LogP) is 6.51. The van der Waals surface area contributed by atoms with Crippen LogP contribution in [0, 0.1) is 12.7 Å². The molecule has 0 saturated carbocycles. The Bertz CT molecular complexity index is 1680. The van der Waals surface area contributed by atoms with Crippen LogP contribution in [0.25, 0.3) is 0 Å². The van der Waals surface area contributed by atoms with Gasteiger partial charge in [0.1, 0.15) is 23.5 Å². The lowest BCUT2D eigenvalue weighted by Gasteiger charge is -2.47. The Hall–Kier alpha value is -3.83. The number of benzene rings is 3. The van der Waals surface area contributed by atoms with E-state index < -0.39 is 59.2 Å². The van der Waals surface area contributed by atoms with E-state index in [0.717, 1.165) is 0 Å². The van der Waals surface area contributed by atoms with E-state index >= 15 is 0 Å². The lowest BCUT2D eigenvalue weighted by Crippen LogP contribution is -2.57. The Kier molecular flexibility index (Phi) is 8.09. The van der Waals surface area contributed by atoms with Gasteiger partial charge in [-0.1, -0.05) is 35.3 Å². The molecule has 2 heterocycles. The van der Waals surface area contributed by atoms with E-state index in [4.69, 9.17) is 27.9 Å². The van der Waals surface area contributed by atoms with Crippen molar-refractivity contribution >= 4 is 46.6 Å². The molecule has 0 bridgehead atoms. The van der Waals surface area contributed by atoms with Gasteiger partial charge in [-0.3, -0.25) is 14.4 Å². The first-order valence-electron chi connectivity index (χ1n) is 13.5. The van der Waals surface area contributed by atoms with Gasteiger partial charge in [0.2, 0.25) is 11.8 Å². The van der Waals surface area contributed by atoms with Crippen molar-refractivity contribution in [2.75, 3.05) is 11.9 Å². The number of anilines is 1. The van der Waals surface area contributed by atoms with Gasteiger partial charge in [0.05, 0.1) is 6.04 Å². The minimum absolute atomic E-state index is 0.0190. The molecule has 7 nitrogen and oxygen atoms in total. The quantitative estimate of drug-likeness (QED) is 0.265. The smallest absolute Gasteiger partial charge is 0.405 e. The first-order chi connectivity index (χ1) is 20.5. The largest absolute Gasteiger partial charge is 0.478 e. The molecule has 232 valence electrons. The molecule has 3 aromatic carbocycles. The fraction of sp³-hybridized carbons (Fsp3) is 0.323. The van der Waals surface area contributed by atoms with Crippen molar-refractivity contribution in [2.45, 2.75) is 56.3 Å². The van der Waals surface area contributed by atoms with Crippen molar-refractivity contribution in [2.24, 2.45) is 0 Å². The Labute approximate surface area is 260 Å². The fourth-order valence-electron chi connectivity index (χ4n) is 6.04. The summed E-state index contributed by atoms with van der Waals surface area (Å²) in [5, 5.41) is 8.15. The standard InChI is InChI=1S/C31H27Cl2F4N3O4/c1-15-4-7-18(34)12-19(15)26-31(21-8-5-17(33)11-23(21)39-28(31)43)22(13-25(41)40-26)20-10-16(32)6-9-24(20)44-29(2,3)27(42)38-14-30(35,36)37/h4-12,22,26H,13-14H2,1-3H3,(H,38,42)(H,39,43)(H,40,41)/t22-,26+,31-/m1/s1. The number of rotatable bonds is 6. The van der Waals surface area contributed by atoms with Crippen LogP contribution in [-0.4, -0.2) is 36.0 Å². The summed E-state index contributed by atoms with van der Waals surface area (Å²) in [6.07, 6.45) is -4.90. The molecule has 5 rings (SSSR count). The van der Waals surface area contributed by atoms with E-state index in [1.165, 1.54) is 44.2 Å². The topological polar surface area (TPSA) is 96.5 Å². The van der Waals surface area contributed by atoms with Crippen LogP contribution < -0.4 is 20.7 Å². The monoisotopic (exact) mass is 651 g/mol. The van der Waals surface area contributed by atoms with Gasteiger partial charge in [0, 0.05) is 33.6 Å². The number of hydrogen-bond acceptors (Lipinski definition) is 4. The van der Waals surface area contributed by atoms with Crippen LogP contribution in [0.4, 0.5) is 23.2 Å². The van der Waals surface area contributed by atoms with Crippen LogP contribution in [0.5, 0.6) is 5.75 Å². The van der Waals surface area contributed by atoms with Crippen molar-refractivity contribution in [1.82, 2.24) is 10.6 Å². The van der Waals surface area contributed by atoms with Crippen molar-refractivity contribution in [3.63, 3.8) is 0 Å². The number of nitrogens with one attached hydrogen (secondary N) is 3. The second kappa shape index (κ2) is 11.3. The van der Waals surface area contributed by atoms with Crippen molar-refractivity contribution < 1.29 is 36.7 Å². The maximum absolute atomic E-state index is 14.7. The van der Waals surface area contributed by atoms with Gasteiger partial charge in [-0.15, -0.1) is 0 Å². The molecule has 3 aromatic rings. The van der Waals surface area contributed by atoms with Crippen LogP contribution in [0.1, 0.15) is 54.5 Å². The summed E-state index contributed by atoms with van der Waals surface area (Å²) in [5.74, 6) is -3.58. The number of amides is 3. The van der Waals surface area contributed by atoms with Gasteiger partial charge in [0.15, 0.2) is 5.60 Å². The summed E-state index contributed by atoms with van der Waals surface area (Å²) in [5.41, 5.74) is -1.34. The first-order valence-corrected chi connectivity index (χ1v) is 14.3. The van der Waals surface area contributed by atoms with Crippen molar-refractivity contribution in [3.8, 4) is 5.75 Å². The number of ether oxygens (including phenoxy) is 1. The zero-order valence-corrected chi connectivity index (χ0v) is 25.2. The normalized spacial score (nSPS) is 21.5. The Morgan fingerprint density at radius 3 is 2.41 bits per heavy atom. The number of carbonyl (C=O) groups excluding carboxylic acids is 3. The minimum atomic E-state index is -4.64. The molecule has 3 N–H and O–H groups in total. The fourth-order valence-corrected chi connectivity index (χ4v) is 6.39. The van der Waals surface area contributed by atoms with E-state index in [9.17, 15) is 31.9 Å². The maximum Gasteiger partial charge on any atom is 0.405 e. The summed E-state index contributed by atoms with van der Waals surface area (Å²) in [7, 11) is 0. The molecule has 3 amide bonds. The van der Waals surface area contributed by atoms with Crippen LogP contribution in [0.2, 0.25) is 10.0 Å². The molecule has 0 radical (unpaired) electrons. The molecule has 1 saturated heterocycles. The molecule has 2 aliphatic rings. The summed E-state index contributed by atoms with van der Waals surface area (Å²) < 4.78 is 59.2. The Morgan fingerprint density at radius 1 is 1.02 bits per heavy atom. The predicted molar refractivity (Wildman–Crippen MR) is 156 cm³/mol. The van der Waals surface area contributed by atoms with Crippen LogP contribution in [0.15, 0.2) is 54.6 Å². The van der Waals surface area contributed by atoms with Gasteiger partial charge >= 0.3 is 6.18 Å². The highest BCUT2D eigenvalue weighted by atomic mass is 35.5. The molecule has 0 unspecified atom stereocenters. The van der Waals surface area contributed by atoms with E-state index in [2.05, 4.69) is 10.6 Å². The SMILES string of the molecule is Cc1ccc(F)cc1[C@@H]1NC(=O)C[C@H](c2cc(Cl)ccc2OC(C)(C)C(=O)NCC(F)(F)F)[C@@]12C(=O)Nc1cc(Cl)ccc12. The van der Waals surface area contributed by atoms with Crippen LogP contribution >= 0.6 is 23.2 Å². The minimum Gasteiger partial charge on any atom is -0.478 e. The molecule has 3 atom stereocenters. The van der Waals surface area contributed by atoms with Gasteiger partial charge in [-0.25, -0.2) is 4.39 Å². The first kappa shape index (κ1) is 31.6. The summed E-state index contributed by atoms with van der Waals surface area (Å²) >= 11 is 12.7. The third-order valence-electron chi connectivity index (χ3n) is 8.01. The molecule has 2 aliphatic heterocycles. The second-order valence-electron chi connectivity index (χ2n) is 11.4. The molecule has 1 spiro atoms. The van der Waals surface area contributed by atoms with Crippen LogP contribution in [0.3, 0.4) is 0 Å². The van der Waals surface area contributed by atoms with E-state index in [-0.39, 0.29) is 22.8 Å². The highest BCUT2D eigenvalue weighted by Crippen LogP contribution is 2.59. The number of piperidine rings is 1. The third-order valence-corrected chi connectivity index (χ3v) is 8.48. The lowest BCUT2D eigenvalue weighted by molar-refractivity contribution is -0.146. The maximum atomic E-state index is 14.7.